The molecule has 2 heterocycles. The highest BCUT2D eigenvalue weighted by atomic mass is 32.2. The van der Waals surface area contributed by atoms with Crippen molar-refractivity contribution in [2.45, 2.75) is 55.0 Å². The van der Waals surface area contributed by atoms with E-state index in [-0.39, 0.29) is 11.2 Å². The van der Waals surface area contributed by atoms with E-state index in [9.17, 15) is 10.1 Å². The number of thioether (sulfide) groups is 1. The molecule has 2 aromatic rings. The van der Waals surface area contributed by atoms with Crippen LogP contribution in [-0.4, -0.2) is 43.2 Å². The highest BCUT2D eigenvalue weighted by Gasteiger charge is 2.40. The molecule has 7 heteroatoms. The summed E-state index contributed by atoms with van der Waals surface area (Å²) in [6.07, 6.45) is 6.55. The predicted octanol–water partition coefficient (Wildman–Crippen LogP) is 2.89. The molecule has 24 heavy (non-hydrogen) atoms. The molecule has 0 aromatic carbocycles. The lowest BCUT2D eigenvalue weighted by Gasteiger charge is -2.40. The Morgan fingerprint density at radius 1 is 1.38 bits per heavy atom. The minimum absolute atomic E-state index is 0.0314. The van der Waals surface area contributed by atoms with E-state index < -0.39 is 5.54 Å². The lowest BCUT2D eigenvalue weighted by molar-refractivity contribution is -0.133. The van der Waals surface area contributed by atoms with Crippen molar-refractivity contribution in [2.24, 2.45) is 0 Å². The molecule has 0 saturated heterocycles. The molecule has 0 N–H and O–H groups in total. The molecule has 3 rings (SSSR count). The van der Waals surface area contributed by atoms with E-state index in [4.69, 9.17) is 0 Å². The zero-order valence-corrected chi connectivity index (χ0v) is 14.8. The molecule has 1 amide bonds. The average molecular weight is 343 g/mol. The van der Waals surface area contributed by atoms with E-state index in [2.05, 4.69) is 16.3 Å². The molecular weight excluding hydrogens is 322 g/mol. The van der Waals surface area contributed by atoms with Crippen molar-refractivity contribution in [3.63, 3.8) is 0 Å². The fourth-order valence-corrected chi connectivity index (χ4v) is 4.18. The molecule has 1 aliphatic rings. The van der Waals surface area contributed by atoms with Gasteiger partial charge in [0.1, 0.15) is 5.54 Å². The summed E-state index contributed by atoms with van der Waals surface area (Å²) in [5, 5.41) is 18.3. The third-order valence-electron chi connectivity index (χ3n) is 4.77. The summed E-state index contributed by atoms with van der Waals surface area (Å²) in [5.74, 6) is -0.0314. The number of carbonyl (C=O) groups is 1. The van der Waals surface area contributed by atoms with Crippen LogP contribution in [0.5, 0.6) is 0 Å². The van der Waals surface area contributed by atoms with E-state index in [0.717, 1.165) is 37.8 Å². The molecule has 6 nitrogen and oxygen atoms in total. The molecule has 1 fully saturated rings. The molecule has 1 saturated carbocycles. The first-order valence-electron chi connectivity index (χ1n) is 8.23. The van der Waals surface area contributed by atoms with Gasteiger partial charge in [-0.15, -0.1) is 10.2 Å². The number of rotatable bonds is 4. The number of nitriles is 1. The van der Waals surface area contributed by atoms with Gasteiger partial charge in [0.25, 0.3) is 0 Å². The first-order valence-corrected chi connectivity index (χ1v) is 9.11. The van der Waals surface area contributed by atoms with Crippen LogP contribution in [0.2, 0.25) is 0 Å². The van der Waals surface area contributed by atoms with Crippen molar-refractivity contribution in [1.29, 1.82) is 5.26 Å². The van der Waals surface area contributed by atoms with E-state index >= 15 is 0 Å². The summed E-state index contributed by atoms with van der Waals surface area (Å²) >= 11 is 1.38. The number of fused-ring (bicyclic) bond motifs is 1. The van der Waals surface area contributed by atoms with Crippen LogP contribution in [0.3, 0.4) is 0 Å². The van der Waals surface area contributed by atoms with Gasteiger partial charge in [-0.3, -0.25) is 9.20 Å². The Morgan fingerprint density at radius 2 is 2.12 bits per heavy atom. The predicted molar refractivity (Wildman–Crippen MR) is 92.5 cm³/mol. The van der Waals surface area contributed by atoms with Crippen molar-refractivity contribution in [3.05, 3.63) is 24.4 Å². The van der Waals surface area contributed by atoms with Crippen molar-refractivity contribution in [3.8, 4) is 6.07 Å². The average Bonchev–Trinajstić information content (AvgIpc) is 3.04. The SMILES string of the molecule is CC(Sc1nnc2ccccn12)C(=O)N(C)C1(C#N)CCCCC1. The molecule has 0 bridgehead atoms. The molecule has 1 aliphatic carbocycles. The van der Waals surface area contributed by atoms with E-state index in [1.54, 1.807) is 11.9 Å². The molecule has 0 radical (unpaired) electrons. The van der Waals surface area contributed by atoms with Crippen LogP contribution in [-0.2, 0) is 4.79 Å². The molecule has 0 aliphatic heterocycles. The Bertz CT molecular complexity index is 775. The summed E-state index contributed by atoms with van der Waals surface area (Å²) < 4.78 is 1.87. The molecule has 126 valence electrons. The Balaban J connectivity index is 1.75. The number of hydrogen-bond acceptors (Lipinski definition) is 5. The summed E-state index contributed by atoms with van der Waals surface area (Å²) in [6.45, 7) is 1.86. The first kappa shape index (κ1) is 16.8. The topological polar surface area (TPSA) is 74.3 Å². The number of nitrogens with zero attached hydrogens (tertiary/aromatic N) is 5. The highest BCUT2D eigenvalue weighted by molar-refractivity contribution is 8.00. The second-order valence-electron chi connectivity index (χ2n) is 6.27. The molecule has 1 unspecified atom stereocenters. The van der Waals surface area contributed by atoms with Crippen LogP contribution >= 0.6 is 11.8 Å². The van der Waals surface area contributed by atoms with Crippen molar-refractivity contribution in [2.75, 3.05) is 7.05 Å². The lowest BCUT2D eigenvalue weighted by Crippen LogP contribution is -2.52. The Hall–Kier alpha value is -2.07. The Labute approximate surface area is 145 Å². The summed E-state index contributed by atoms with van der Waals surface area (Å²) in [4.78, 5) is 14.5. The quantitative estimate of drug-likeness (QED) is 0.798. The van der Waals surface area contributed by atoms with Crippen LogP contribution < -0.4 is 0 Å². The number of carbonyl (C=O) groups excluding carboxylic acids is 1. The third-order valence-corrected chi connectivity index (χ3v) is 5.82. The fraction of sp³-hybridized carbons (Fsp3) is 0.529. The maximum absolute atomic E-state index is 12.9. The van der Waals surface area contributed by atoms with E-state index in [1.807, 2.05) is 35.7 Å². The monoisotopic (exact) mass is 343 g/mol. The Kier molecular flexibility index (Phi) is 4.76. The van der Waals surface area contributed by atoms with Gasteiger partial charge in [-0.25, -0.2) is 0 Å². The number of hydrogen-bond donors (Lipinski definition) is 0. The van der Waals surface area contributed by atoms with Gasteiger partial charge < -0.3 is 4.90 Å². The molecule has 1 atom stereocenters. The highest BCUT2D eigenvalue weighted by Crippen LogP contribution is 2.34. The van der Waals surface area contributed by atoms with Crippen molar-refractivity contribution < 1.29 is 4.79 Å². The zero-order chi connectivity index (χ0) is 17.2. The van der Waals surface area contributed by atoms with E-state index in [0.29, 0.717) is 5.16 Å². The van der Waals surface area contributed by atoms with Gasteiger partial charge in [-0.2, -0.15) is 5.26 Å². The first-order chi connectivity index (χ1) is 11.6. The summed E-state index contributed by atoms with van der Waals surface area (Å²) in [6, 6.07) is 8.09. The van der Waals surface area contributed by atoms with E-state index in [1.165, 1.54) is 11.8 Å². The minimum atomic E-state index is -0.656. The fourth-order valence-electron chi connectivity index (χ4n) is 3.25. The third kappa shape index (κ3) is 2.98. The van der Waals surface area contributed by atoms with Crippen molar-refractivity contribution in [1.82, 2.24) is 19.5 Å². The molecule has 0 spiro atoms. The van der Waals surface area contributed by atoms with Crippen molar-refractivity contribution >= 4 is 23.3 Å². The second-order valence-corrected chi connectivity index (χ2v) is 7.58. The van der Waals surface area contributed by atoms with Gasteiger partial charge in [-0.05, 0) is 31.9 Å². The smallest absolute Gasteiger partial charge is 0.236 e. The maximum atomic E-state index is 12.9. The number of aromatic nitrogens is 3. The maximum Gasteiger partial charge on any atom is 0.236 e. The van der Waals surface area contributed by atoms with Gasteiger partial charge in [0.15, 0.2) is 10.8 Å². The molecular formula is C17H21N5OS. The van der Waals surface area contributed by atoms with Crippen LogP contribution in [0.4, 0.5) is 0 Å². The van der Waals surface area contributed by atoms with Gasteiger partial charge in [-0.1, -0.05) is 37.1 Å². The standard InChI is InChI=1S/C17H21N5OS/c1-13(24-16-20-19-14-8-4-7-11-22(14)16)15(23)21(2)17(12-18)9-5-3-6-10-17/h4,7-8,11,13H,3,5-6,9-10H2,1-2H3. The van der Waals surface area contributed by atoms with Gasteiger partial charge in [0, 0.05) is 13.2 Å². The molecule has 2 aromatic heterocycles. The van der Waals surface area contributed by atoms with Gasteiger partial charge in [0.05, 0.1) is 11.3 Å². The van der Waals surface area contributed by atoms with Crippen LogP contribution in [0, 0.1) is 11.3 Å². The van der Waals surface area contributed by atoms with Crippen LogP contribution in [0.25, 0.3) is 5.65 Å². The van der Waals surface area contributed by atoms with Gasteiger partial charge >= 0.3 is 0 Å². The Morgan fingerprint density at radius 3 is 2.83 bits per heavy atom. The second kappa shape index (κ2) is 6.81. The summed E-state index contributed by atoms with van der Waals surface area (Å²) in [7, 11) is 1.76. The normalized spacial score (nSPS) is 18.0. The number of pyridine rings is 1. The minimum Gasteiger partial charge on any atom is -0.326 e. The zero-order valence-electron chi connectivity index (χ0n) is 14.0. The van der Waals surface area contributed by atoms with Crippen LogP contribution in [0.1, 0.15) is 39.0 Å². The lowest BCUT2D eigenvalue weighted by atomic mass is 9.81. The number of amides is 1. The van der Waals surface area contributed by atoms with Gasteiger partial charge in [0.2, 0.25) is 5.91 Å². The summed E-state index contributed by atoms with van der Waals surface area (Å²) in [5.41, 5.74) is 0.102. The largest absolute Gasteiger partial charge is 0.326 e. The van der Waals surface area contributed by atoms with Crippen LogP contribution in [0.15, 0.2) is 29.6 Å².